The van der Waals surface area contributed by atoms with Crippen LogP contribution in [0.2, 0.25) is 0 Å². The standard InChI is InChI=1S/C21H15F6N3O6S/c22-20(23,24)14-2-4-17(13(5-14)8-29)37(33,34)30-9-18(19(32,10-30)11-31)35-15-3-1-12(7-28)16(6-15)36-21(25,26)27/h1-6,18,31-32H,9-11H2/t18?,19-/m1/s1. The van der Waals surface area contributed by atoms with E-state index in [4.69, 9.17) is 10.00 Å². The third-order valence-electron chi connectivity index (χ3n) is 5.32. The third-order valence-corrected chi connectivity index (χ3v) is 7.19. The number of β-amino-alcohol motifs (C(OH)–C–C–N with tert-alkyl or cyclic N) is 1. The van der Waals surface area contributed by atoms with E-state index in [-0.39, 0.29) is 5.75 Å². The fourth-order valence-corrected chi connectivity index (χ4v) is 5.13. The first-order chi connectivity index (χ1) is 17.0. The Balaban J connectivity index is 1.94. The van der Waals surface area contributed by atoms with Crippen molar-refractivity contribution in [3.05, 3.63) is 53.1 Å². The molecule has 0 amide bonds. The highest BCUT2D eigenvalue weighted by Gasteiger charge is 2.51. The molecule has 1 heterocycles. The lowest BCUT2D eigenvalue weighted by atomic mass is 10.0. The Hall–Kier alpha value is -3.57. The first kappa shape index (κ1) is 28.0. The fraction of sp³-hybridized carbons (Fsp3) is 0.333. The summed E-state index contributed by atoms with van der Waals surface area (Å²) in [4.78, 5) is -0.803. The summed E-state index contributed by atoms with van der Waals surface area (Å²) < 4.78 is 113. The summed E-state index contributed by atoms with van der Waals surface area (Å²) in [5, 5.41) is 38.7. The van der Waals surface area contributed by atoms with E-state index in [1.54, 1.807) is 0 Å². The number of hydrogen-bond donors (Lipinski definition) is 2. The zero-order valence-electron chi connectivity index (χ0n) is 18.2. The van der Waals surface area contributed by atoms with Gasteiger partial charge in [0.1, 0.15) is 29.6 Å². The molecule has 0 radical (unpaired) electrons. The van der Waals surface area contributed by atoms with Crippen LogP contribution in [0.15, 0.2) is 41.3 Å². The molecule has 1 aliphatic heterocycles. The second-order valence-electron chi connectivity index (χ2n) is 7.80. The van der Waals surface area contributed by atoms with Gasteiger partial charge in [-0.1, -0.05) is 0 Å². The van der Waals surface area contributed by atoms with Gasteiger partial charge in [0, 0.05) is 12.6 Å². The maximum Gasteiger partial charge on any atom is 0.573 e. The van der Waals surface area contributed by atoms with Crippen molar-refractivity contribution in [3.63, 3.8) is 0 Å². The molecular weight excluding hydrogens is 536 g/mol. The van der Waals surface area contributed by atoms with Gasteiger partial charge < -0.3 is 19.7 Å². The number of rotatable bonds is 6. The molecule has 2 N–H and O–H groups in total. The second kappa shape index (κ2) is 9.71. The van der Waals surface area contributed by atoms with Crippen molar-refractivity contribution in [2.75, 3.05) is 19.7 Å². The van der Waals surface area contributed by atoms with E-state index in [1.165, 1.54) is 12.1 Å². The first-order valence-electron chi connectivity index (χ1n) is 9.95. The Morgan fingerprint density at radius 3 is 2.24 bits per heavy atom. The van der Waals surface area contributed by atoms with Crippen LogP contribution in [-0.4, -0.2) is 60.7 Å². The fourth-order valence-electron chi connectivity index (χ4n) is 3.51. The predicted octanol–water partition coefficient (Wildman–Crippen LogP) is 2.52. The van der Waals surface area contributed by atoms with Gasteiger partial charge in [-0.15, -0.1) is 13.2 Å². The molecule has 0 aromatic heterocycles. The van der Waals surface area contributed by atoms with E-state index in [9.17, 15) is 50.2 Å². The monoisotopic (exact) mass is 551 g/mol. The number of aliphatic hydroxyl groups is 2. The van der Waals surface area contributed by atoms with Crippen LogP contribution in [0.5, 0.6) is 11.5 Å². The quantitative estimate of drug-likeness (QED) is 0.522. The number of alkyl halides is 6. The van der Waals surface area contributed by atoms with E-state index >= 15 is 0 Å². The lowest BCUT2D eigenvalue weighted by Crippen LogP contribution is -2.48. The van der Waals surface area contributed by atoms with Crippen LogP contribution in [0.3, 0.4) is 0 Å². The number of nitrogens with zero attached hydrogens (tertiary/aromatic N) is 3. The van der Waals surface area contributed by atoms with Gasteiger partial charge in [0.2, 0.25) is 10.0 Å². The summed E-state index contributed by atoms with van der Waals surface area (Å²) >= 11 is 0. The van der Waals surface area contributed by atoms with Crippen LogP contribution in [0.4, 0.5) is 26.3 Å². The summed E-state index contributed by atoms with van der Waals surface area (Å²) in [6, 6.07) is 6.86. The number of nitriles is 2. The lowest BCUT2D eigenvalue weighted by Gasteiger charge is -2.27. The van der Waals surface area contributed by atoms with Crippen LogP contribution in [0.25, 0.3) is 0 Å². The maximum absolute atomic E-state index is 13.1. The molecule has 2 aromatic carbocycles. The van der Waals surface area contributed by atoms with E-state index in [0.29, 0.717) is 28.6 Å². The number of hydrogen-bond acceptors (Lipinski definition) is 8. The Kier molecular flexibility index (Phi) is 7.35. The van der Waals surface area contributed by atoms with E-state index < -0.39 is 81.3 Å². The first-order valence-corrected chi connectivity index (χ1v) is 11.4. The Bertz CT molecular complexity index is 1380. The summed E-state index contributed by atoms with van der Waals surface area (Å²) in [6.45, 7) is -2.62. The molecule has 1 fully saturated rings. The number of ether oxygens (including phenoxy) is 2. The van der Waals surface area contributed by atoms with Gasteiger partial charge in [0.25, 0.3) is 0 Å². The molecule has 0 spiro atoms. The number of sulfonamides is 1. The molecule has 1 aliphatic rings. The lowest BCUT2D eigenvalue weighted by molar-refractivity contribution is -0.274. The minimum absolute atomic E-state index is 0.341. The van der Waals surface area contributed by atoms with Gasteiger partial charge in [0.05, 0.1) is 34.7 Å². The Morgan fingerprint density at radius 2 is 1.70 bits per heavy atom. The van der Waals surface area contributed by atoms with Gasteiger partial charge in [-0.25, -0.2) is 8.42 Å². The average Bonchev–Trinajstić information content (AvgIpc) is 3.14. The van der Waals surface area contributed by atoms with Crippen molar-refractivity contribution < 1.29 is 54.4 Å². The maximum atomic E-state index is 13.1. The van der Waals surface area contributed by atoms with Crippen molar-refractivity contribution in [1.29, 1.82) is 10.5 Å². The topological polar surface area (TPSA) is 144 Å². The summed E-state index contributed by atoms with van der Waals surface area (Å²) in [7, 11) is -4.72. The molecule has 1 saturated heterocycles. The summed E-state index contributed by atoms with van der Waals surface area (Å²) in [6.07, 6.45) is -11.6. The highest BCUT2D eigenvalue weighted by Crippen LogP contribution is 2.36. The Morgan fingerprint density at radius 1 is 1.05 bits per heavy atom. The molecule has 198 valence electrons. The molecule has 0 aliphatic carbocycles. The smallest absolute Gasteiger partial charge is 0.486 e. The van der Waals surface area contributed by atoms with Crippen LogP contribution in [0, 0.1) is 22.7 Å². The van der Waals surface area contributed by atoms with Gasteiger partial charge in [-0.3, -0.25) is 0 Å². The summed E-state index contributed by atoms with van der Waals surface area (Å²) in [5.41, 5.74) is -4.91. The molecule has 2 atom stereocenters. The van der Waals surface area contributed by atoms with Crippen LogP contribution in [-0.2, 0) is 16.2 Å². The van der Waals surface area contributed by atoms with Gasteiger partial charge in [-0.2, -0.15) is 28.0 Å². The van der Waals surface area contributed by atoms with Crippen molar-refractivity contribution in [1.82, 2.24) is 4.31 Å². The van der Waals surface area contributed by atoms with E-state index in [2.05, 4.69) is 4.74 Å². The van der Waals surface area contributed by atoms with Crippen molar-refractivity contribution in [3.8, 4) is 23.6 Å². The van der Waals surface area contributed by atoms with Crippen LogP contribution < -0.4 is 9.47 Å². The minimum Gasteiger partial charge on any atom is -0.486 e. The molecule has 0 saturated carbocycles. The number of halogens is 6. The summed E-state index contributed by atoms with van der Waals surface area (Å²) in [5.74, 6) is -1.33. The highest BCUT2D eigenvalue weighted by molar-refractivity contribution is 7.89. The molecule has 1 unspecified atom stereocenters. The molecule has 2 aromatic rings. The third kappa shape index (κ3) is 5.89. The van der Waals surface area contributed by atoms with Crippen LogP contribution >= 0.6 is 0 Å². The van der Waals surface area contributed by atoms with Gasteiger partial charge >= 0.3 is 12.5 Å². The molecular formula is C21H15F6N3O6S. The molecule has 9 nitrogen and oxygen atoms in total. The largest absolute Gasteiger partial charge is 0.573 e. The SMILES string of the molecule is N#Cc1ccc(OC2CN(S(=O)(=O)c3ccc(C(F)(F)F)cc3C#N)C[C@@]2(O)CO)cc1OC(F)(F)F. The number of benzene rings is 2. The molecule has 37 heavy (non-hydrogen) atoms. The van der Waals surface area contributed by atoms with Crippen molar-refractivity contribution in [2.24, 2.45) is 0 Å². The molecule has 16 heteroatoms. The van der Waals surface area contributed by atoms with Crippen LogP contribution in [0.1, 0.15) is 16.7 Å². The van der Waals surface area contributed by atoms with Gasteiger partial charge in [0.15, 0.2) is 5.75 Å². The number of aliphatic hydroxyl groups excluding tert-OH is 1. The predicted molar refractivity (Wildman–Crippen MR) is 109 cm³/mol. The van der Waals surface area contributed by atoms with E-state index in [0.717, 1.165) is 12.1 Å². The second-order valence-corrected chi connectivity index (χ2v) is 9.71. The zero-order valence-corrected chi connectivity index (χ0v) is 19.0. The Labute approximate surface area is 205 Å². The molecule has 3 rings (SSSR count). The zero-order chi connectivity index (χ0) is 27.8. The van der Waals surface area contributed by atoms with E-state index in [1.807, 2.05) is 0 Å². The normalized spacial score (nSPS) is 20.8. The van der Waals surface area contributed by atoms with Crippen molar-refractivity contribution in [2.45, 2.75) is 29.1 Å². The minimum atomic E-state index is -5.16. The van der Waals surface area contributed by atoms with Crippen molar-refractivity contribution >= 4 is 10.0 Å². The highest BCUT2D eigenvalue weighted by atomic mass is 32.2. The van der Waals surface area contributed by atoms with Gasteiger partial charge in [-0.05, 0) is 30.3 Å². The molecule has 0 bridgehead atoms. The average molecular weight is 551 g/mol.